The van der Waals surface area contributed by atoms with E-state index >= 15 is 0 Å². The van der Waals surface area contributed by atoms with Crippen molar-refractivity contribution in [3.8, 4) is 5.75 Å². The molecule has 1 fully saturated rings. The second-order valence-electron chi connectivity index (χ2n) is 6.62. The summed E-state index contributed by atoms with van der Waals surface area (Å²) < 4.78 is 5.47. The van der Waals surface area contributed by atoms with E-state index in [0.29, 0.717) is 28.6 Å². The average Bonchev–Trinajstić information content (AvgIpc) is 3.36. The summed E-state index contributed by atoms with van der Waals surface area (Å²) in [6, 6.07) is 16.5. The monoisotopic (exact) mass is 439 g/mol. The molecule has 1 saturated heterocycles. The molecule has 2 heterocycles. The van der Waals surface area contributed by atoms with Gasteiger partial charge in [0.15, 0.2) is 0 Å². The van der Waals surface area contributed by atoms with E-state index in [1.165, 1.54) is 16.2 Å². The number of ether oxygens (including phenoxy) is 1. The molecule has 1 N–H and O–H groups in total. The second-order valence-corrected chi connectivity index (χ2v) is 8.04. The first kappa shape index (κ1) is 20.2. The number of halogens is 1. The Morgan fingerprint density at radius 2 is 1.90 bits per heavy atom. The summed E-state index contributed by atoms with van der Waals surface area (Å²) in [5.41, 5.74) is 0.969. The molecule has 1 atom stereocenters. The number of nitrogens with zero attached hydrogens (tertiary/aromatic N) is 1. The van der Waals surface area contributed by atoms with E-state index in [4.69, 9.17) is 16.3 Å². The van der Waals surface area contributed by atoms with Crippen LogP contribution in [-0.2, 0) is 9.59 Å². The number of rotatable bonds is 5. The second kappa shape index (κ2) is 8.34. The van der Waals surface area contributed by atoms with Gasteiger partial charge in [0.25, 0.3) is 11.7 Å². The minimum Gasteiger partial charge on any atom is -0.507 e. The summed E-state index contributed by atoms with van der Waals surface area (Å²) in [6.45, 7) is 2.41. The summed E-state index contributed by atoms with van der Waals surface area (Å²) in [7, 11) is 0. The van der Waals surface area contributed by atoms with Gasteiger partial charge in [-0.3, -0.25) is 14.5 Å². The van der Waals surface area contributed by atoms with Gasteiger partial charge < -0.3 is 9.84 Å². The molecule has 1 aromatic heterocycles. The zero-order valence-corrected chi connectivity index (χ0v) is 17.6. The van der Waals surface area contributed by atoms with Crippen LogP contribution in [0.3, 0.4) is 0 Å². The molecule has 3 aromatic rings. The van der Waals surface area contributed by atoms with Crippen LogP contribution in [0, 0.1) is 0 Å². The molecule has 0 spiro atoms. The van der Waals surface area contributed by atoms with Crippen LogP contribution in [0.2, 0.25) is 5.02 Å². The van der Waals surface area contributed by atoms with Crippen molar-refractivity contribution in [1.29, 1.82) is 0 Å². The zero-order chi connectivity index (χ0) is 21.3. The first-order valence-corrected chi connectivity index (χ1v) is 10.6. The van der Waals surface area contributed by atoms with Gasteiger partial charge in [-0.1, -0.05) is 29.8 Å². The number of aliphatic hydroxyl groups is 1. The van der Waals surface area contributed by atoms with Crippen LogP contribution in [0.15, 0.2) is 71.6 Å². The van der Waals surface area contributed by atoms with Gasteiger partial charge in [-0.15, -0.1) is 11.3 Å². The molecule has 0 radical (unpaired) electrons. The normalized spacial score (nSPS) is 18.1. The number of benzene rings is 2. The third kappa shape index (κ3) is 3.60. The van der Waals surface area contributed by atoms with Gasteiger partial charge >= 0.3 is 0 Å². The van der Waals surface area contributed by atoms with Gasteiger partial charge in [-0.25, -0.2) is 0 Å². The lowest BCUT2D eigenvalue weighted by Gasteiger charge is -2.24. The molecular weight excluding hydrogens is 422 g/mol. The van der Waals surface area contributed by atoms with Crippen LogP contribution < -0.4 is 9.64 Å². The van der Waals surface area contributed by atoms with Gasteiger partial charge in [0, 0.05) is 21.2 Å². The lowest BCUT2D eigenvalue weighted by molar-refractivity contribution is -0.132. The number of aliphatic hydroxyl groups excluding tert-OH is 1. The number of hydrogen-bond acceptors (Lipinski definition) is 5. The van der Waals surface area contributed by atoms with E-state index < -0.39 is 17.7 Å². The summed E-state index contributed by atoms with van der Waals surface area (Å²) in [5, 5.41) is 13.3. The fourth-order valence-electron chi connectivity index (χ4n) is 3.48. The summed E-state index contributed by atoms with van der Waals surface area (Å²) in [4.78, 5) is 28.2. The fourth-order valence-corrected chi connectivity index (χ4v) is 4.49. The van der Waals surface area contributed by atoms with Crippen molar-refractivity contribution in [3.05, 3.63) is 87.1 Å². The highest BCUT2D eigenvalue weighted by molar-refractivity contribution is 7.10. The molecule has 0 bridgehead atoms. The van der Waals surface area contributed by atoms with Crippen LogP contribution in [0.5, 0.6) is 5.75 Å². The van der Waals surface area contributed by atoms with Crippen molar-refractivity contribution in [3.63, 3.8) is 0 Å². The molecule has 152 valence electrons. The molecule has 7 heteroatoms. The number of ketones is 1. The summed E-state index contributed by atoms with van der Waals surface area (Å²) in [6.07, 6.45) is 0. The molecule has 1 aliphatic heterocycles. The lowest BCUT2D eigenvalue weighted by atomic mass is 10.00. The third-order valence-electron chi connectivity index (χ3n) is 4.78. The van der Waals surface area contributed by atoms with Crippen molar-refractivity contribution in [2.75, 3.05) is 11.5 Å². The van der Waals surface area contributed by atoms with E-state index in [0.717, 1.165) is 4.88 Å². The Balaban J connectivity index is 1.86. The largest absolute Gasteiger partial charge is 0.507 e. The molecule has 1 unspecified atom stereocenters. The fraction of sp³-hybridized carbons (Fsp3) is 0.130. The van der Waals surface area contributed by atoms with E-state index in [1.54, 1.807) is 48.5 Å². The highest BCUT2D eigenvalue weighted by Crippen LogP contribution is 2.43. The number of anilines is 1. The molecule has 4 rings (SSSR count). The van der Waals surface area contributed by atoms with Crippen molar-refractivity contribution >= 4 is 46.1 Å². The Hall–Kier alpha value is -3.09. The average molecular weight is 440 g/mol. The Morgan fingerprint density at radius 1 is 1.13 bits per heavy atom. The predicted octanol–water partition coefficient (Wildman–Crippen LogP) is 5.43. The van der Waals surface area contributed by atoms with Crippen LogP contribution >= 0.6 is 22.9 Å². The Kier molecular flexibility index (Phi) is 5.61. The minimum absolute atomic E-state index is 0.0404. The van der Waals surface area contributed by atoms with Crippen molar-refractivity contribution < 1.29 is 19.4 Å². The predicted molar refractivity (Wildman–Crippen MR) is 118 cm³/mol. The van der Waals surface area contributed by atoms with E-state index in [-0.39, 0.29) is 11.3 Å². The van der Waals surface area contributed by atoms with Gasteiger partial charge in [0.1, 0.15) is 17.6 Å². The highest BCUT2D eigenvalue weighted by atomic mass is 35.5. The standard InChI is InChI=1S/C23H18ClNO4S/c1-2-29-17-10-8-16(9-11-17)25-20(18-7-4-12-30-18)19(22(27)23(25)28)21(26)14-5-3-6-15(24)13-14/h3-13,20,26H,2H2,1H3/b21-19-. The van der Waals surface area contributed by atoms with Gasteiger partial charge in [-0.2, -0.15) is 0 Å². The van der Waals surface area contributed by atoms with Crippen molar-refractivity contribution in [1.82, 2.24) is 0 Å². The number of Topliss-reactive ketones (excluding diaryl/α,β-unsaturated/α-hetero) is 1. The molecule has 5 nitrogen and oxygen atoms in total. The van der Waals surface area contributed by atoms with Crippen LogP contribution in [0.4, 0.5) is 5.69 Å². The number of carbonyl (C=O) groups excluding carboxylic acids is 2. The molecule has 30 heavy (non-hydrogen) atoms. The van der Waals surface area contributed by atoms with Crippen molar-refractivity contribution in [2.24, 2.45) is 0 Å². The molecule has 0 saturated carbocycles. The maximum atomic E-state index is 13.0. The smallest absolute Gasteiger partial charge is 0.300 e. The van der Waals surface area contributed by atoms with Crippen LogP contribution in [-0.4, -0.2) is 23.4 Å². The molecule has 1 amide bonds. The molecular formula is C23H18ClNO4S. The van der Waals surface area contributed by atoms with E-state index in [2.05, 4.69) is 0 Å². The summed E-state index contributed by atoms with van der Waals surface area (Å²) in [5.74, 6) is -1.01. The SMILES string of the molecule is CCOc1ccc(N2C(=O)C(=O)/C(=C(\O)c3cccc(Cl)c3)C2c2cccs2)cc1. The maximum absolute atomic E-state index is 13.0. The first-order chi connectivity index (χ1) is 14.5. The zero-order valence-electron chi connectivity index (χ0n) is 16.0. The lowest BCUT2D eigenvalue weighted by Crippen LogP contribution is -2.29. The topological polar surface area (TPSA) is 66.8 Å². The number of hydrogen-bond donors (Lipinski definition) is 1. The van der Waals surface area contributed by atoms with Crippen molar-refractivity contribution in [2.45, 2.75) is 13.0 Å². The Bertz CT molecular complexity index is 1120. The summed E-state index contributed by atoms with van der Waals surface area (Å²) >= 11 is 7.47. The number of carbonyl (C=O) groups is 2. The Labute approximate surface area is 182 Å². The van der Waals surface area contributed by atoms with Crippen LogP contribution in [0.1, 0.15) is 23.4 Å². The quantitative estimate of drug-likeness (QED) is 0.327. The van der Waals surface area contributed by atoms with Gasteiger partial charge in [0.05, 0.1) is 12.2 Å². The first-order valence-electron chi connectivity index (χ1n) is 9.34. The number of amides is 1. The molecule has 2 aromatic carbocycles. The Morgan fingerprint density at radius 3 is 2.53 bits per heavy atom. The van der Waals surface area contributed by atoms with Crippen LogP contribution in [0.25, 0.3) is 5.76 Å². The molecule has 0 aliphatic carbocycles. The van der Waals surface area contributed by atoms with Gasteiger partial charge in [-0.05, 0) is 54.8 Å². The highest BCUT2D eigenvalue weighted by Gasteiger charge is 2.47. The van der Waals surface area contributed by atoms with E-state index in [9.17, 15) is 14.7 Å². The number of thiophene rings is 1. The molecule has 1 aliphatic rings. The maximum Gasteiger partial charge on any atom is 0.300 e. The van der Waals surface area contributed by atoms with E-state index in [1.807, 2.05) is 24.4 Å². The third-order valence-corrected chi connectivity index (χ3v) is 5.94. The van der Waals surface area contributed by atoms with Gasteiger partial charge in [0.2, 0.25) is 0 Å². The minimum atomic E-state index is -0.736.